The third kappa shape index (κ3) is 4.65. The van der Waals surface area contributed by atoms with Crippen molar-refractivity contribution in [3.8, 4) is 5.75 Å². The molecule has 1 aromatic heterocycles. The zero-order chi connectivity index (χ0) is 13.7. The van der Waals surface area contributed by atoms with Crippen molar-refractivity contribution in [1.82, 2.24) is 5.32 Å². The second kappa shape index (κ2) is 7.50. The Morgan fingerprint density at radius 3 is 2.63 bits per heavy atom. The second-order valence-electron chi connectivity index (χ2n) is 3.81. The predicted octanol–water partition coefficient (Wildman–Crippen LogP) is 4.99. The first kappa shape index (κ1) is 15.1. The van der Waals surface area contributed by atoms with Crippen LogP contribution in [0.15, 0.2) is 34.1 Å². The van der Waals surface area contributed by atoms with Gasteiger partial charge in [0.2, 0.25) is 0 Å². The average molecular weight is 381 g/mol. The molecule has 2 rings (SSSR count). The molecule has 0 spiro atoms. The van der Waals surface area contributed by atoms with Gasteiger partial charge in [-0.2, -0.15) is 0 Å². The fourth-order valence-electron chi connectivity index (χ4n) is 1.50. The van der Waals surface area contributed by atoms with Gasteiger partial charge < -0.3 is 10.1 Å². The van der Waals surface area contributed by atoms with Gasteiger partial charge in [-0.3, -0.25) is 0 Å². The first-order chi connectivity index (χ1) is 9.16. The molecule has 6 heteroatoms. The summed E-state index contributed by atoms with van der Waals surface area (Å²) in [4.78, 5) is 1.28. The van der Waals surface area contributed by atoms with E-state index in [0.29, 0.717) is 22.4 Å². The van der Waals surface area contributed by atoms with E-state index in [1.54, 1.807) is 29.5 Å². The number of nitrogens with one attached hydrogen (secondary N) is 1. The van der Waals surface area contributed by atoms with Gasteiger partial charge in [0.1, 0.15) is 6.61 Å². The Labute approximate surface area is 134 Å². The minimum atomic E-state index is 0.524. The number of rotatable bonds is 6. The normalized spacial score (nSPS) is 10.7. The number of halogens is 3. The third-order valence-electron chi connectivity index (χ3n) is 2.37. The Hall–Kier alpha value is -0.260. The average Bonchev–Trinajstić information content (AvgIpc) is 2.78. The lowest BCUT2D eigenvalue weighted by Crippen LogP contribution is -2.20. The molecule has 0 bridgehead atoms. The maximum atomic E-state index is 6.01. The van der Waals surface area contributed by atoms with E-state index >= 15 is 0 Å². The zero-order valence-corrected chi connectivity index (χ0v) is 13.9. The molecule has 19 heavy (non-hydrogen) atoms. The maximum absolute atomic E-state index is 6.01. The van der Waals surface area contributed by atoms with Gasteiger partial charge in [-0.1, -0.05) is 29.3 Å². The summed E-state index contributed by atoms with van der Waals surface area (Å²) in [5.41, 5.74) is 0. The Bertz CT molecular complexity index is 527. The highest BCUT2D eigenvalue weighted by atomic mass is 79.9. The molecule has 2 nitrogen and oxygen atoms in total. The van der Waals surface area contributed by atoms with Crippen molar-refractivity contribution in [2.75, 3.05) is 13.2 Å². The van der Waals surface area contributed by atoms with Gasteiger partial charge in [-0.05, 0) is 34.1 Å². The quantitative estimate of drug-likeness (QED) is 0.713. The summed E-state index contributed by atoms with van der Waals surface area (Å²) in [7, 11) is 0. The Morgan fingerprint density at radius 2 is 2.00 bits per heavy atom. The SMILES string of the molecule is Clc1cccc(Cl)c1OCCNCc1cc(Br)cs1. The molecule has 0 saturated heterocycles. The van der Waals surface area contributed by atoms with Crippen LogP contribution in [0.25, 0.3) is 0 Å². The van der Waals surface area contributed by atoms with Crippen molar-refractivity contribution < 1.29 is 4.74 Å². The first-order valence-corrected chi connectivity index (χ1v) is 8.10. The lowest BCUT2D eigenvalue weighted by Gasteiger charge is -2.10. The largest absolute Gasteiger partial charge is 0.489 e. The molecule has 0 amide bonds. The highest BCUT2D eigenvalue weighted by Gasteiger charge is 2.05. The van der Waals surface area contributed by atoms with Crippen LogP contribution in [0.3, 0.4) is 0 Å². The van der Waals surface area contributed by atoms with Crippen LogP contribution in [-0.4, -0.2) is 13.2 Å². The third-order valence-corrected chi connectivity index (χ3v) is 4.66. The summed E-state index contributed by atoms with van der Waals surface area (Å²) < 4.78 is 6.70. The van der Waals surface area contributed by atoms with E-state index in [0.717, 1.165) is 17.6 Å². The van der Waals surface area contributed by atoms with Gasteiger partial charge in [0.05, 0.1) is 10.0 Å². The molecule has 0 atom stereocenters. The molecule has 0 radical (unpaired) electrons. The van der Waals surface area contributed by atoms with Gasteiger partial charge in [0, 0.05) is 27.8 Å². The van der Waals surface area contributed by atoms with Crippen LogP contribution in [0.2, 0.25) is 10.0 Å². The van der Waals surface area contributed by atoms with Gasteiger partial charge >= 0.3 is 0 Å². The highest BCUT2D eigenvalue weighted by Crippen LogP contribution is 2.32. The number of thiophene rings is 1. The predicted molar refractivity (Wildman–Crippen MR) is 85.7 cm³/mol. The van der Waals surface area contributed by atoms with Crippen LogP contribution in [0.5, 0.6) is 5.75 Å². The number of hydrogen-bond acceptors (Lipinski definition) is 3. The van der Waals surface area contributed by atoms with Crippen molar-refractivity contribution in [3.63, 3.8) is 0 Å². The van der Waals surface area contributed by atoms with Crippen molar-refractivity contribution in [2.45, 2.75) is 6.54 Å². The monoisotopic (exact) mass is 379 g/mol. The molecular weight excluding hydrogens is 369 g/mol. The minimum absolute atomic E-state index is 0.524. The number of para-hydroxylation sites is 1. The summed E-state index contributed by atoms with van der Waals surface area (Å²) >= 11 is 17.2. The highest BCUT2D eigenvalue weighted by molar-refractivity contribution is 9.10. The molecule has 0 fully saturated rings. The number of benzene rings is 1. The fourth-order valence-corrected chi connectivity index (χ4v) is 3.43. The lowest BCUT2D eigenvalue weighted by atomic mass is 10.3. The van der Waals surface area contributed by atoms with E-state index in [9.17, 15) is 0 Å². The van der Waals surface area contributed by atoms with Gasteiger partial charge in [0.25, 0.3) is 0 Å². The van der Waals surface area contributed by atoms with Crippen LogP contribution < -0.4 is 10.1 Å². The van der Waals surface area contributed by atoms with E-state index < -0.39 is 0 Å². The first-order valence-electron chi connectivity index (χ1n) is 5.67. The van der Waals surface area contributed by atoms with Crippen molar-refractivity contribution >= 4 is 50.5 Å². The van der Waals surface area contributed by atoms with E-state index in [1.807, 2.05) is 0 Å². The van der Waals surface area contributed by atoms with Crippen LogP contribution in [0.1, 0.15) is 4.88 Å². The topological polar surface area (TPSA) is 21.3 Å². The molecule has 1 N–H and O–H groups in total. The Kier molecular flexibility index (Phi) is 5.98. The zero-order valence-electron chi connectivity index (χ0n) is 9.96. The van der Waals surface area contributed by atoms with Crippen molar-refractivity contribution in [2.24, 2.45) is 0 Å². The fraction of sp³-hybridized carbons (Fsp3) is 0.231. The van der Waals surface area contributed by atoms with Crippen LogP contribution in [0.4, 0.5) is 0 Å². The standard InChI is InChI=1S/C13H12BrCl2NOS/c14-9-6-10(19-8-9)7-17-4-5-18-13-11(15)2-1-3-12(13)16/h1-3,6,8,17H,4-5,7H2. The van der Waals surface area contributed by atoms with Gasteiger partial charge in [0.15, 0.2) is 5.75 Å². The van der Waals surface area contributed by atoms with Crippen LogP contribution >= 0.6 is 50.5 Å². The second-order valence-corrected chi connectivity index (χ2v) is 6.53. The molecule has 0 unspecified atom stereocenters. The molecule has 0 aliphatic carbocycles. The Balaban J connectivity index is 1.72. The Morgan fingerprint density at radius 1 is 1.26 bits per heavy atom. The molecule has 0 aliphatic heterocycles. The molecule has 1 aromatic carbocycles. The summed E-state index contributed by atoms with van der Waals surface area (Å²) in [5.74, 6) is 0.548. The molecule has 1 heterocycles. The summed E-state index contributed by atoms with van der Waals surface area (Å²) in [6, 6.07) is 7.42. The summed E-state index contributed by atoms with van der Waals surface area (Å²) in [6.07, 6.45) is 0. The number of hydrogen-bond donors (Lipinski definition) is 1. The number of ether oxygens (including phenoxy) is 1. The van der Waals surface area contributed by atoms with E-state index in [4.69, 9.17) is 27.9 Å². The minimum Gasteiger partial charge on any atom is -0.489 e. The maximum Gasteiger partial charge on any atom is 0.156 e. The van der Waals surface area contributed by atoms with Crippen LogP contribution in [0, 0.1) is 0 Å². The smallest absolute Gasteiger partial charge is 0.156 e. The molecule has 0 aliphatic rings. The molecule has 2 aromatic rings. The van der Waals surface area contributed by atoms with Crippen molar-refractivity contribution in [3.05, 3.63) is 49.0 Å². The van der Waals surface area contributed by atoms with E-state index in [1.165, 1.54) is 4.88 Å². The van der Waals surface area contributed by atoms with Crippen molar-refractivity contribution in [1.29, 1.82) is 0 Å². The van der Waals surface area contributed by atoms with E-state index in [-0.39, 0.29) is 0 Å². The van der Waals surface area contributed by atoms with Crippen LogP contribution in [-0.2, 0) is 6.54 Å². The molecular formula is C13H12BrCl2NOS. The summed E-state index contributed by atoms with van der Waals surface area (Å²) in [5, 5.41) is 6.44. The van der Waals surface area contributed by atoms with Gasteiger partial charge in [-0.25, -0.2) is 0 Å². The van der Waals surface area contributed by atoms with E-state index in [2.05, 4.69) is 32.7 Å². The molecule has 102 valence electrons. The molecule has 0 saturated carbocycles. The summed E-state index contributed by atoms with van der Waals surface area (Å²) in [6.45, 7) is 2.09. The van der Waals surface area contributed by atoms with Gasteiger partial charge in [-0.15, -0.1) is 11.3 Å². The lowest BCUT2D eigenvalue weighted by molar-refractivity contribution is 0.314.